The largest absolute Gasteiger partial charge is 0.449 e. The third-order valence-corrected chi connectivity index (χ3v) is 4.64. The number of amides is 1. The molecule has 7 heteroatoms. The highest BCUT2D eigenvalue weighted by atomic mass is 16.5. The van der Waals surface area contributed by atoms with E-state index in [0.29, 0.717) is 16.8 Å². The monoisotopic (exact) mass is 400 g/mol. The fourth-order valence-electron chi connectivity index (χ4n) is 2.95. The van der Waals surface area contributed by atoms with E-state index in [1.54, 1.807) is 42.7 Å². The molecule has 1 atom stereocenters. The minimum Gasteiger partial charge on any atom is -0.449 e. The molecule has 1 unspecified atom stereocenters. The van der Waals surface area contributed by atoms with Gasteiger partial charge in [0.05, 0.1) is 16.6 Å². The molecule has 150 valence electrons. The number of H-pyrrole nitrogens is 1. The number of carbonyl (C=O) groups is 2. The molecule has 0 radical (unpaired) electrons. The average molecular weight is 400 g/mol. The molecule has 0 fully saturated rings. The van der Waals surface area contributed by atoms with E-state index in [4.69, 9.17) is 4.74 Å². The zero-order valence-electron chi connectivity index (χ0n) is 16.5. The zero-order chi connectivity index (χ0) is 21.1. The predicted molar refractivity (Wildman–Crippen MR) is 114 cm³/mol. The van der Waals surface area contributed by atoms with Crippen molar-refractivity contribution in [3.63, 3.8) is 0 Å². The molecule has 2 aromatic heterocycles. The maximum atomic E-state index is 12.5. The fourth-order valence-corrected chi connectivity index (χ4v) is 2.95. The second kappa shape index (κ2) is 8.16. The summed E-state index contributed by atoms with van der Waals surface area (Å²) in [5, 5.41) is 2.68. The zero-order valence-corrected chi connectivity index (χ0v) is 16.5. The smallest absolute Gasteiger partial charge is 0.338 e. The Bertz CT molecular complexity index is 1200. The quantitative estimate of drug-likeness (QED) is 0.491. The van der Waals surface area contributed by atoms with Gasteiger partial charge in [-0.25, -0.2) is 9.78 Å². The van der Waals surface area contributed by atoms with Crippen molar-refractivity contribution >= 4 is 28.6 Å². The van der Waals surface area contributed by atoms with Crippen molar-refractivity contribution in [2.24, 2.45) is 0 Å². The van der Waals surface area contributed by atoms with Crippen LogP contribution in [0.2, 0.25) is 0 Å². The molecule has 0 aliphatic heterocycles. The lowest BCUT2D eigenvalue weighted by molar-refractivity contribution is -0.123. The summed E-state index contributed by atoms with van der Waals surface area (Å²) in [6.45, 7) is 3.55. The van der Waals surface area contributed by atoms with Gasteiger partial charge in [-0.3, -0.25) is 9.78 Å². The lowest BCUT2D eigenvalue weighted by Gasteiger charge is -2.13. The number of rotatable bonds is 5. The number of anilines is 1. The molecule has 2 aromatic carbocycles. The van der Waals surface area contributed by atoms with Gasteiger partial charge in [0.1, 0.15) is 5.82 Å². The normalized spacial score (nSPS) is 11.8. The first-order valence-electron chi connectivity index (χ1n) is 9.48. The molecule has 0 saturated carbocycles. The summed E-state index contributed by atoms with van der Waals surface area (Å²) in [6, 6.07) is 16.4. The lowest BCUT2D eigenvalue weighted by Crippen LogP contribution is -2.30. The second-order valence-corrected chi connectivity index (χ2v) is 6.96. The van der Waals surface area contributed by atoms with E-state index in [1.807, 2.05) is 31.2 Å². The van der Waals surface area contributed by atoms with Crippen LogP contribution in [-0.4, -0.2) is 32.9 Å². The number of esters is 1. The van der Waals surface area contributed by atoms with Crippen molar-refractivity contribution in [2.75, 3.05) is 5.32 Å². The van der Waals surface area contributed by atoms with Crippen molar-refractivity contribution < 1.29 is 14.3 Å². The molecule has 0 bridgehead atoms. The van der Waals surface area contributed by atoms with Gasteiger partial charge in [-0.05, 0) is 44.2 Å². The van der Waals surface area contributed by atoms with Gasteiger partial charge >= 0.3 is 5.97 Å². The molecule has 0 saturated heterocycles. The number of nitrogens with one attached hydrogen (secondary N) is 2. The fraction of sp³-hybridized carbons (Fsp3) is 0.130. The summed E-state index contributed by atoms with van der Waals surface area (Å²) in [4.78, 5) is 36.5. The summed E-state index contributed by atoms with van der Waals surface area (Å²) >= 11 is 0. The number of nitrogens with zero attached hydrogens (tertiary/aromatic N) is 2. The van der Waals surface area contributed by atoms with Gasteiger partial charge in [0.25, 0.3) is 5.91 Å². The van der Waals surface area contributed by atoms with Crippen molar-refractivity contribution in [2.45, 2.75) is 20.0 Å². The molecule has 2 heterocycles. The minimum absolute atomic E-state index is 0.338. The highest BCUT2D eigenvalue weighted by Crippen LogP contribution is 2.22. The Labute approximate surface area is 173 Å². The molecule has 30 heavy (non-hydrogen) atoms. The number of pyridine rings is 1. The number of hydrogen-bond acceptors (Lipinski definition) is 5. The van der Waals surface area contributed by atoms with E-state index < -0.39 is 18.0 Å². The van der Waals surface area contributed by atoms with Gasteiger partial charge in [0.15, 0.2) is 6.10 Å². The first-order valence-corrected chi connectivity index (χ1v) is 9.48. The van der Waals surface area contributed by atoms with E-state index in [2.05, 4.69) is 20.3 Å². The Morgan fingerprint density at radius 2 is 1.77 bits per heavy atom. The summed E-state index contributed by atoms with van der Waals surface area (Å²) in [5.74, 6) is -0.278. The average Bonchev–Trinajstić information content (AvgIpc) is 3.18. The van der Waals surface area contributed by atoms with E-state index >= 15 is 0 Å². The number of benzene rings is 2. The summed E-state index contributed by atoms with van der Waals surface area (Å²) < 4.78 is 5.32. The van der Waals surface area contributed by atoms with E-state index in [9.17, 15) is 9.59 Å². The van der Waals surface area contributed by atoms with Gasteiger partial charge in [0, 0.05) is 23.6 Å². The maximum absolute atomic E-state index is 12.5. The first-order chi connectivity index (χ1) is 14.5. The van der Waals surface area contributed by atoms with Crippen LogP contribution in [0.15, 0.2) is 67.0 Å². The molecule has 4 rings (SSSR count). The van der Waals surface area contributed by atoms with E-state index in [1.165, 1.54) is 12.5 Å². The highest BCUT2D eigenvalue weighted by molar-refractivity contribution is 5.98. The Morgan fingerprint density at radius 3 is 2.50 bits per heavy atom. The van der Waals surface area contributed by atoms with E-state index in [0.717, 1.165) is 16.9 Å². The summed E-state index contributed by atoms with van der Waals surface area (Å²) in [5.41, 5.74) is 4.51. The Morgan fingerprint density at radius 1 is 1.03 bits per heavy atom. The third kappa shape index (κ3) is 4.20. The number of imidazole rings is 1. The van der Waals surface area contributed by atoms with Gasteiger partial charge < -0.3 is 15.0 Å². The SMILES string of the molecule is Cc1ccc(-c2nc3ccc(C(=O)OC(C)C(=O)Nc4ccncc4)cc3[nH]2)cc1. The van der Waals surface area contributed by atoms with E-state index in [-0.39, 0.29) is 0 Å². The number of aryl methyl sites for hydroxylation is 1. The standard InChI is InChI=1S/C23H20N4O3/c1-14-3-5-16(6-4-14)21-26-19-8-7-17(13-20(19)27-21)23(29)30-15(2)22(28)25-18-9-11-24-12-10-18/h3-13,15H,1-2H3,(H,26,27)(H,24,25,28). The molecule has 4 aromatic rings. The van der Waals surface area contributed by atoms with Crippen molar-refractivity contribution in [1.29, 1.82) is 0 Å². The van der Waals surface area contributed by atoms with Gasteiger partial charge in [-0.2, -0.15) is 0 Å². The van der Waals surface area contributed by atoms with Crippen LogP contribution in [0.3, 0.4) is 0 Å². The van der Waals surface area contributed by atoms with Gasteiger partial charge in [0.2, 0.25) is 0 Å². The van der Waals surface area contributed by atoms with Crippen molar-refractivity contribution in [3.8, 4) is 11.4 Å². The first kappa shape index (κ1) is 19.3. The predicted octanol–water partition coefficient (Wildman–Crippen LogP) is 4.12. The van der Waals surface area contributed by atoms with Crippen molar-refractivity contribution in [3.05, 3.63) is 78.1 Å². The Hall–Kier alpha value is -4.00. The van der Waals surface area contributed by atoms with Crippen molar-refractivity contribution in [1.82, 2.24) is 15.0 Å². The van der Waals surface area contributed by atoms with Crippen LogP contribution in [0.5, 0.6) is 0 Å². The number of aromatic amines is 1. The molecular weight excluding hydrogens is 380 g/mol. The second-order valence-electron chi connectivity index (χ2n) is 6.96. The van der Waals surface area contributed by atoms with Gasteiger partial charge in [-0.1, -0.05) is 29.8 Å². The van der Waals surface area contributed by atoms with Crippen LogP contribution >= 0.6 is 0 Å². The number of hydrogen-bond donors (Lipinski definition) is 2. The number of aromatic nitrogens is 3. The lowest BCUT2D eigenvalue weighted by atomic mass is 10.1. The maximum Gasteiger partial charge on any atom is 0.338 e. The summed E-state index contributed by atoms with van der Waals surface area (Å²) in [7, 11) is 0. The molecule has 0 aliphatic rings. The number of ether oxygens (including phenoxy) is 1. The minimum atomic E-state index is -0.953. The van der Waals surface area contributed by atoms with Crippen LogP contribution < -0.4 is 5.32 Å². The topological polar surface area (TPSA) is 97.0 Å². The molecule has 1 amide bonds. The summed E-state index contributed by atoms with van der Waals surface area (Å²) in [6.07, 6.45) is 2.18. The van der Waals surface area contributed by atoms with Crippen LogP contribution in [0, 0.1) is 6.92 Å². The Kier molecular flexibility index (Phi) is 5.26. The highest BCUT2D eigenvalue weighted by Gasteiger charge is 2.20. The van der Waals surface area contributed by atoms with Crippen LogP contribution in [0.25, 0.3) is 22.4 Å². The molecule has 0 aliphatic carbocycles. The molecule has 2 N–H and O–H groups in total. The molecule has 7 nitrogen and oxygen atoms in total. The number of carbonyl (C=O) groups excluding carboxylic acids is 2. The Balaban J connectivity index is 1.47. The van der Waals surface area contributed by atoms with Gasteiger partial charge in [-0.15, -0.1) is 0 Å². The van der Waals surface area contributed by atoms with Crippen LogP contribution in [0.4, 0.5) is 5.69 Å². The van der Waals surface area contributed by atoms with Crippen LogP contribution in [-0.2, 0) is 9.53 Å². The van der Waals surface area contributed by atoms with Crippen LogP contribution in [0.1, 0.15) is 22.8 Å². The molecular formula is C23H20N4O3. The number of fused-ring (bicyclic) bond motifs is 1. The third-order valence-electron chi connectivity index (χ3n) is 4.64. The molecule has 0 spiro atoms.